The van der Waals surface area contributed by atoms with Crippen molar-refractivity contribution in [2.24, 2.45) is 29.6 Å². The van der Waals surface area contributed by atoms with Crippen LogP contribution in [0.5, 0.6) is 11.5 Å². The molecular formula is C43H34ClN5O10. The summed E-state index contributed by atoms with van der Waals surface area (Å²) in [7, 11) is 2.82. The van der Waals surface area contributed by atoms with Crippen molar-refractivity contribution in [1.29, 1.82) is 0 Å². The number of imide groups is 2. The van der Waals surface area contributed by atoms with Crippen molar-refractivity contribution in [3.63, 3.8) is 0 Å². The maximum Gasteiger partial charge on any atom is 0.301 e. The Kier molecular flexibility index (Phi) is 8.70. The average Bonchev–Trinajstić information content (AvgIpc) is 3.60. The normalized spacial score (nSPS) is 25.6. The summed E-state index contributed by atoms with van der Waals surface area (Å²) in [4.78, 5) is 85.9. The molecule has 2 saturated heterocycles. The van der Waals surface area contributed by atoms with Gasteiger partial charge in [-0.15, -0.1) is 0 Å². The van der Waals surface area contributed by atoms with Gasteiger partial charge in [-0.1, -0.05) is 59.6 Å². The van der Waals surface area contributed by atoms with Gasteiger partial charge in [0.05, 0.1) is 50.7 Å². The molecule has 5 aliphatic rings. The Bertz CT molecular complexity index is 2590. The zero-order valence-electron chi connectivity index (χ0n) is 31.5. The molecule has 4 aromatic rings. The predicted molar refractivity (Wildman–Crippen MR) is 214 cm³/mol. The van der Waals surface area contributed by atoms with Crippen LogP contribution >= 0.6 is 11.6 Å². The molecule has 16 heteroatoms. The van der Waals surface area contributed by atoms with Crippen LogP contribution < -0.4 is 19.4 Å². The summed E-state index contributed by atoms with van der Waals surface area (Å²) in [6.45, 7) is 0. The molecule has 15 nitrogen and oxygen atoms in total. The first-order chi connectivity index (χ1) is 28.2. The third-order valence-electron chi connectivity index (χ3n) is 12.5. The minimum atomic E-state index is -1.58. The second kappa shape index (κ2) is 13.6. The molecule has 298 valence electrons. The molecule has 3 aliphatic heterocycles. The van der Waals surface area contributed by atoms with Crippen LogP contribution in [0.4, 0.5) is 28.4 Å². The number of halogens is 1. The van der Waals surface area contributed by atoms with Crippen molar-refractivity contribution in [1.82, 2.24) is 0 Å². The van der Waals surface area contributed by atoms with Gasteiger partial charge in [0.15, 0.2) is 5.69 Å². The molecule has 0 aromatic heterocycles. The summed E-state index contributed by atoms with van der Waals surface area (Å²) in [5, 5.41) is 35.3. The predicted octanol–water partition coefficient (Wildman–Crippen LogP) is 6.65. The van der Waals surface area contributed by atoms with Crippen LogP contribution in [0.1, 0.15) is 24.0 Å². The standard InChI is InChI=1S/C43H34ClN5O10/c1-45(2)38-33(48(55)56)18-27(19-34(38)49(57)58)46-39(51)30-13-12-29-31(36(30)41(46)53)20-32-40(52)47(26-10-6-9-25(44)17-26)42(54)43(32,24-7-4-3-5-8-24)37(29)23-15-22-16-28(50)11-14-35(22)59-21-23/h3-12,14,16-19,21,30-32,36-37,50H,13,15,20H2,1-2H3/t30-,31+,32-,36-,37-,43+/m0/s1. The number of ether oxygens (including phenoxy) is 1. The van der Waals surface area contributed by atoms with E-state index in [-0.39, 0.29) is 42.1 Å². The number of carbonyl (C=O) groups excluding carboxylic acids is 4. The molecule has 4 aromatic carbocycles. The highest BCUT2D eigenvalue weighted by Gasteiger charge is 2.70. The first-order valence-corrected chi connectivity index (χ1v) is 19.2. The fourth-order valence-corrected chi connectivity index (χ4v) is 10.5. The number of hydrogen-bond acceptors (Lipinski definition) is 11. The van der Waals surface area contributed by atoms with E-state index in [1.807, 2.05) is 6.08 Å². The first-order valence-electron chi connectivity index (χ1n) is 18.8. The summed E-state index contributed by atoms with van der Waals surface area (Å²) in [5.41, 5.74) is -0.834. The van der Waals surface area contributed by atoms with E-state index in [0.717, 1.165) is 21.9 Å². The van der Waals surface area contributed by atoms with E-state index < -0.39 is 79.9 Å². The number of nitro groups is 2. The topological polar surface area (TPSA) is 194 Å². The lowest BCUT2D eigenvalue weighted by molar-refractivity contribution is -0.392. The number of nitrogens with zero attached hydrogens (tertiary/aromatic N) is 5. The lowest BCUT2D eigenvalue weighted by Crippen LogP contribution is -2.55. The van der Waals surface area contributed by atoms with Gasteiger partial charge in [0.25, 0.3) is 0 Å². The van der Waals surface area contributed by atoms with Crippen LogP contribution in [0, 0.1) is 49.8 Å². The molecular weight excluding hydrogens is 782 g/mol. The summed E-state index contributed by atoms with van der Waals surface area (Å²) >= 11 is 6.41. The lowest BCUT2D eigenvalue weighted by atomic mass is 9.48. The van der Waals surface area contributed by atoms with Crippen LogP contribution in [0.3, 0.4) is 0 Å². The molecule has 59 heavy (non-hydrogen) atoms. The second-order valence-corrected chi connectivity index (χ2v) is 16.1. The number of rotatable bonds is 7. The number of nitro benzene ring substituents is 2. The fourth-order valence-electron chi connectivity index (χ4n) is 10.3. The second-order valence-electron chi connectivity index (χ2n) is 15.6. The van der Waals surface area contributed by atoms with Crippen LogP contribution in [0.2, 0.25) is 5.02 Å². The average molecular weight is 816 g/mol. The van der Waals surface area contributed by atoms with Crippen molar-refractivity contribution in [2.45, 2.75) is 24.7 Å². The summed E-state index contributed by atoms with van der Waals surface area (Å²) in [6, 6.07) is 22.1. The van der Waals surface area contributed by atoms with Crippen LogP contribution in [-0.4, -0.2) is 52.7 Å². The van der Waals surface area contributed by atoms with Crippen LogP contribution in [0.15, 0.2) is 108 Å². The Morgan fingerprint density at radius 1 is 0.831 bits per heavy atom. The van der Waals surface area contributed by atoms with Gasteiger partial charge in [-0.05, 0) is 66.3 Å². The third-order valence-corrected chi connectivity index (χ3v) is 12.7. The number of fused-ring (bicyclic) bond motifs is 5. The van der Waals surface area contributed by atoms with Crippen molar-refractivity contribution < 1.29 is 38.9 Å². The maximum atomic E-state index is 15.5. The number of aromatic hydroxyl groups is 1. The quantitative estimate of drug-likeness (QED) is 0.0909. The highest BCUT2D eigenvalue weighted by atomic mass is 35.5. The fraction of sp³-hybridized carbons (Fsp3) is 0.256. The molecule has 4 amide bonds. The number of hydrogen-bond donors (Lipinski definition) is 1. The number of amides is 4. The molecule has 3 heterocycles. The van der Waals surface area contributed by atoms with E-state index in [1.54, 1.807) is 66.9 Å². The summed E-state index contributed by atoms with van der Waals surface area (Å²) in [6.07, 6.45) is 3.62. The Balaban J connectivity index is 1.23. The minimum absolute atomic E-state index is 0.000936. The van der Waals surface area contributed by atoms with E-state index in [2.05, 4.69) is 0 Å². The van der Waals surface area contributed by atoms with E-state index in [1.165, 1.54) is 31.1 Å². The van der Waals surface area contributed by atoms with Crippen LogP contribution in [0.25, 0.3) is 0 Å². The van der Waals surface area contributed by atoms with E-state index in [0.29, 0.717) is 33.0 Å². The Morgan fingerprint density at radius 3 is 2.20 bits per heavy atom. The van der Waals surface area contributed by atoms with Gasteiger partial charge in [-0.25, -0.2) is 9.80 Å². The Labute approximate surface area is 341 Å². The Morgan fingerprint density at radius 2 is 1.54 bits per heavy atom. The zero-order valence-corrected chi connectivity index (χ0v) is 32.2. The number of anilines is 3. The summed E-state index contributed by atoms with van der Waals surface area (Å²) in [5.74, 6) is -6.79. The molecule has 1 saturated carbocycles. The molecule has 2 aliphatic carbocycles. The highest BCUT2D eigenvalue weighted by molar-refractivity contribution is 6.32. The van der Waals surface area contributed by atoms with Gasteiger partial charge < -0.3 is 14.7 Å². The van der Waals surface area contributed by atoms with Crippen LogP contribution in [-0.2, 0) is 31.0 Å². The SMILES string of the molecule is CN(C)c1c([N+](=O)[O-])cc(N2C(=O)[C@H]3[C@H](CC=C4[C@H](C5=COc6ccc(O)cc6C5)[C@]5(c6ccccc6)C(=O)N(c6cccc(Cl)c6)C(=O)[C@@H]5C[C@H]43)C2=O)cc1[N+](=O)[O-]. The third kappa shape index (κ3) is 5.48. The minimum Gasteiger partial charge on any atom is -0.508 e. The number of allylic oxidation sites excluding steroid dienone is 3. The van der Waals surface area contributed by atoms with Gasteiger partial charge in [0.2, 0.25) is 23.6 Å². The molecule has 0 unspecified atom stereocenters. The number of phenolic OH excluding ortho intramolecular Hbond substituents is 1. The monoisotopic (exact) mass is 815 g/mol. The van der Waals surface area contributed by atoms with Gasteiger partial charge in [0, 0.05) is 49.2 Å². The van der Waals surface area contributed by atoms with Crippen molar-refractivity contribution >= 4 is 63.7 Å². The molecule has 6 atom stereocenters. The summed E-state index contributed by atoms with van der Waals surface area (Å²) < 4.78 is 6.16. The molecule has 0 spiro atoms. The number of carbonyl (C=O) groups is 4. The van der Waals surface area contributed by atoms with Crippen molar-refractivity contribution in [3.8, 4) is 11.5 Å². The first kappa shape index (κ1) is 37.7. The van der Waals surface area contributed by atoms with E-state index in [9.17, 15) is 34.9 Å². The zero-order chi connectivity index (χ0) is 41.7. The number of phenols is 1. The molecule has 0 bridgehead atoms. The maximum absolute atomic E-state index is 15.5. The van der Waals surface area contributed by atoms with Gasteiger partial charge in [-0.2, -0.15) is 0 Å². The molecule has 0 radical (unpaired) electrons. The van der Waals surface area contributed by atoms with Gasteiger partial charge in [-0.3, -0.25) is 39.4 Å². The lowest BCUT2D eigenvalue weighted by Gasteiger charge is -2.51. The van der Waals surface area contributed by atoms with Crippen molar-refractivity contribution in [3.05, 3.63) is 145 Å². The molecule has 1 N–H and O–H groups in total. The molecule has 3 fully saturated rings. The van der Waals surface area contributed by atoms with Gasteiger partial charge in [0.1, 0.15) is 11.5 Å². The van der Waals surface area contributed by atoms with E-state index >= 15 is 9.59 Å². The number of benzene rings is 4. The van der Waals surface area contributed by atoms with Gasteiger partial charge >= 0.3 is 11.4 Å². The smallest absolute Gasteiger partial charge is 0.301 e. The Hall–Kier alpha value is -6.87. The highest BCUT2D eigenvalue weighted by Crippen LogP contribution is 2.64. The largest absolute Gasteiger partial charge is 0.508 e. The van der Waals surface area contributed by atoms with Crippen molar-refractivity contribution in [2.75, 3.05) is 28.8 Å². The van der Waals surface area contributed by atoms with E-state index in [4.69, 9.17) is 16.3 Å². The molecule has 9 rings (SSSR count).